The van der Waals surface area contributed by atoms with Gasteiger partial charge < -0.3 is 5.11 Å². The van der Waals surface area contributed by atoms with Gasteiger partial charge in [-0.3, -0.25) is 19.3 Å². The van der Waals surface area contributed by atoms with Crippen molar-refractivity contribution < 1.29 is 27.9 Å². The fraction of sp³-hybridized carbons (Fsp3) is 0.400. The van der Waals surface area contributed by atoms with Crippen molar-refractivity contribution in [1.29, 1.82) is 0 Å². The molecule has 0 bridgehead atoms. The van der Waals surface area contributed by atoms with Gasteiger partial charge in [0.2, 0.25) is 5.82 Å². The summed E-state index contributed by atoms with van der Waals surface area (Å²) >= 11 is 0. The number of imidazole rings is 1. The number of ketones is 1. The molecule has 2 saturated carbocycles. The zero-order chi connectivity index (χ0) is 24.8. The number of nitrogens with zero attached hydrogens (tertiary/aromatic N) is 4. The molecule has 1 atom stereocenters. The van der Waals surface area contributed by atoms with Gasteiger partial charge in [0.15, 0.2) is 6.04 Å². The lowest BCUT2D eigenvalue weighted by atomic mass is 9.58. The standard InChI is InChI=1S/C25H23F3N4O3/c26-25(27,28)23-31-18-14-29-11-8-19(18)32(23)16-6-4-15(5-7-16)12-17(22(34)35)30-20-13-21(33)24(20)9-2-1-3-10-24/h4-8,11,14,17H,1-3,9-10,12-13H2,(H,34,35)/t17-/m0/s1. The highest BCUT2D eigenvalue weighted by molar-refractivity contribution is 6.27. The van der Waals surface area contributed by atoms with Crippen molar-refractivity contribution in [3.05, 3.63) is 54.1 Å². The molecule has 2 aliphatic carbocycles. The molecule has 1 N–H and O–H groups in total. The van der Waals surface area contributed by atoms with E-state index in [1.54, 1.807) is 12.1 Å². The Balaban J connectivity index is 1.42. The Morgan fingerprint density at radius 2 is 1.86 bits per heavy atom. The van der Waals surface area contributed by atoms with Crippen LogP contribution in [0.2, 0.25) is 0 Å². The third-order valence-electron chi connectivity index (χ3n) is 7.05. The molecule has 2 aromatic heterocycles. The molecule has 2 heterocycles. The number of hydrogen-bond donors (Lipinski definition) is 1. The number of benzene rings is 1. The van der Waals surface area contributed by atoms with E-state index in [-0.39, 0.29) is 35.3 Å². The van der Waals surface area contributed by atoms with Gasteiger partial charge >= 0.3 is 12.1 Å². The van der Waals surface area contributed by atoms with Gasteiger partial charge in [0.1, 0.15) is 11.3 Å². The lowest BCUT2D eigenvalue weighted by Gasteiger charge is -2.44. The first-order valence-electron chi connectivity index (χ1n) is 11.5. The predicted molar refractivity (Wildman–Crippen MR) is 122 cm³/mol. The highest BCUT2D eigenvalue weighted by atomic mass is 19.4. The molecule has 7 nitrogen and oxygen atoms in total. The summed E-state index contributed by atoms with van der Waals surface area (Å²) in [6, 6.07) is 6.61. The summed E-state index contributed by atoms with van der Waals surface area (Å²) in [5.74, 6) is -2.01. The Kier molecular flexibility index (Phi) is 5.69. The fourth-order valence-electron chi connectivity index (χ4n) is 5.20. The first-order valence-corrected chi connectivity index (χ1v) is 11.5. The van der Waals surface area contributed by atoms with E-state index in [1.807, 2.05) is 0 Å². The molecule has 1 spiro atoms. The Bertz CT molecular complexity index is 1320. The highest BCUT2D eigenvalue weighted by Crippen LogP contribution is 2.47. The molecule has 0 amide bonds. The zero-order valence-corrected chi connectivity index (χ0v) is 18.8. The van der Waals surface area contributed by atoms with E-state index in [1.165, 1.54) is 30.6 Å². The summed E-state index contributed by atoms with van der Waals surface area (Å²) in [7, 11) is 0. The molecular formula is C25H23F3N4O3. The molecular weight excluding hydrogens is 461 g/mol. The maximum atomic E-state index is 13.6. The Morgan fingerprint density at radius 3 is 2.49 bits per heavy atom. The van der Waals surface area contributed by atoms with Crippen molar-refractivity contribution >= 4 is 28.5 Å². The first kappa shape index (κ1) is 23.2. The smallest absolute Gasteiger partial charge is 0.450 e. The number of fused-ring (bicyclic) bond motifs is 1. The summed E-state index contributed by atoms with van der Waals surface area (Å²) in [5.41, 5.74) is 1.35. The third-order valence-corrected chi connectivity index (χ3v) is 7.05. The van der Waals surface area contributed by atoms with Gasteiger partial charge in [-0.25, -0.2) is 9.78 Å². The number of carboxylic acid groups (broad SMARTS) is 1. The van der Waals surface area contributed by atoms with Gasteiger partial charge in [-0.2, -0.15) is 13.2 Å². The van der Waals surface area contributed by atoms with Crippen LogP contribution >= 0.6 is 0 Å². The summed E-state index contributed by atoms with van der Waals surface area (Å²) in [4.78, 5) is 36.3. The highest BCUT2D eigenvalue weighted by Gasteiger charge is 2.52. The van der Waals surface area contributed by atoms with Crippen molar-refractivity contribution in [2.75, 3.05) is 0 Å². The molecule has 0 aliphatic heterocycles. The number of halogens is 3. The van der Waals surface area contributed by atoms with Crippen LogP contribution in [0, 0.1) is 5.41 Å². The van der Waals surface area contributed by atoms with Crippen molar-refractivity contribution in [2.45, 2.75) is 57.2 Å². The minimum absolute atomic E-state index is 0.0735. The van der Waals surface area contributed by atoms with Crippen LogP contribution in [0.1, 0.15) is 49.9 Å². The fourth-order valence-corrected chi connectivity index (χ4v) is 5.20. The normalized spacial score (nSPS) is 19.7. The molecule has 2 fully saturated rings. The second-order valence-electron chi connectivity index (χ2n) is 9.18. The number of carbonyl (C=O) groups excluding carboxylic acids is 1. The average Bonchev–Trinajstić information content (AvgIpc) is 3.24. The van der Waals surface area contributed by atoms with Crippen molar-refractivity contribution in [3.8, 4) is 5.69 Å². The SMILES string of the molecule is O=C(O)[C@H](Cc1ccc(-n2c(C(F)(F)F)nc3cnccc32)cc1)N=C1CC(=O)C12CCCCC2. The number of aliphatic carboxylic acids is 1. The molecule has 0 unspecified atom stereocenters. The van der Waals surface area contributed by atoms with Gasteiger partial charge in [0.25, 0.3) is 0 Å². The van der Waals surface area contributed by atoms with Crippen LogP contribution in [0.3, 0.4) is 0 Å². The van der Waals surface area contributed by atoms with E-state index in [9.17, 15) is 27.9 Å². The minimum Gasteiger partial charge on any atom is -0.480 e. The van der Waals surface area contributed by atoms with Gasteiger partial charge in [-0.15, -0.1) is 0 Å². The molecule has 2 aliphatic rings. The number of hydrogen-bond acceptors (Lipinski definition) is 5. The van der Waals surface area contributed by atoms with Gasteiger partial charge in [-0.05, 0) is 36.6 Å². The van der Waals surface area contributed by atoms with E-state index < -0.39 is 29.4 Å². The van der Waals surface area contributed by atoms with Crippen molar-refractivity contribution in [2.24, 2.45) is 10.4 Å². The molecule has 182 valence electrons. The Hall–Kier alpha value is -3.56. The lowest BCUT2D eigenvalue weighted by molar-refractivity contribution is -0.145. The maximum absolute atomic E-state index is 13.6. The number of rotatable bonds is 5. The van der Waals surface area contributed by atoms with Crippen LogP contribution in [-0.4, -0.2) is 43.1 Å². The van der Waals surface area contributed by atoms with Gasteiger partial charge in [0.05, 0.1) is 17.1 Å². The van der Waals surface area contributed by atoms with E-state index >= 15 is 0 Å². The number of Topliss-reactive ketones (excluding diaryl/α,β-unsaturated/α-hetero) is 1. The van der Waals surface area contributed by atoms with E-state index in [2.05, 4.69) is 15.0 Å². The van der Waals surface area contributed by atoms with Crippen LogP contribution in [-0.2, 0) is 22.2 Å². The van der Waals surface area contributed by atoms with E-state index in [4.69, 9.17) is 0 Å². The topological polar surface area (TPSA) is 97.4 Å². The maximum Gasteiger partial charge on any atom is 0.450 e. The minimum atomic E-state index is -4.67. The molecule has 35 heavy (non-hydrogen) atoms. The van der Waals surface area contributed by atoms with Crippen LogP contribution in [0.5, 0.6) is 0 Å². The molecule has 10 heteroatoms. The molecule has 1 aromatic carbocycles. The summed E-state index contributed by atoms with van der Waals surface area (Å²) in [5, 5.41) is 9.77. The van der Waals surface area contributed by atoms with Gasteiger partial charge in [-0.1, -0.05) is 31.4 Å². The average molecular weight is 484 g/mol. The second kappa shape index (κ2) is 8.58. The number of pyridine rings is 1. The zero-order valence-electron chi connectivity index (χ0n) is 18.8. The largest absolute Gasteiger partial charge is 0.480 e. The number of aliphatic imine (C=N–C) groups is 1. The summed E-state index contributed by atoms with van der Waals surface area (Å²) in [6.07, 6.45) is 2.66. The van der Waals surface area contributed by atoms with Crippen LogP contribution in [0.15, 0.2) is 47.7 Å². The molecule has 5 rings (SSSR count). The number of carboxylic acids is 1. The summed E-state index contributed by atoms with van der Waals surface area (Å²) in [6.45, 7) is 0. The van der Waals surface area contributed by atoms with Crippen molar-refractivity contribution in [3.63, 3.8) is 0 Å². The van der Waals surface area contributed by atoms with Gasteiger partial charge in [0, 0.05) is 30.4 Å². The first-order chi connectivity index (χ1) is 16.7. The lowest BCUT2D eigenvalue weighted by Crippen LogP contribution is -2.52. The van der Waals surface area contributed by atoms with Crippen LogP contribution in [0.4, 0.5) is 13.2 Å². The molecule has 0 radical (unpaired) electrons. The number of carbonyl (C=O) groups is 2. The van der Waals surface area contributed by atoms with Crippen LogP contribution in [0.25, 0.3) is 16.7 Å². The quantitative estimate of drug-likeness (QED) is 0.561. The summed E-state index contributed by atoms with van der Waals surface area (Å²) < 4.78 is 41.9. The van der Waals surface area contributed by atoms with E-state index in [0.717, 1.165) is 36.7 Å². The second-order valence-corrected chi connectivity index (χ2v) is 9.18. The number of aromatic nitrogens is 3. The predicted octanol–water partition coefficient (Wildman–Crippen LogP) is 4.80. The van der Waals surface area contributed by atoms with Crippen LogP contribution < -0.4 is 0 Å². The monoisotopic (exact) mass is 484 g/mol. The number of alkyl halides is 3. The molecule has 3 aromatic rings. The molecule has 0 saturated heterocycles. The Labute approximate surface area is 198 Å². The Morgan fingerprint density at radius 1 is 1.14 bits per heavy atom. The van der Waals surface area contributed by atoms with E-state index in [0.29, 0.717) is 11.3 Å². The third kappa shape index (κ3) is 4.11. The van der Waals surface area contributed by atoms with Crippen molar-refractivity contribution in [1.82, 2.24) is 14.5 Å².